The van der Waals surface area contributed by atoms with Gasteiger partial charge in [0.2, 0.25) is 11.8 Å². The van der Waals surface area contributed by atoms with E-state index < -0.39 is 28.5 Å². The van der Waals surface area contributed by atoms with E-state index in [1.165, 1.54) is 24.1 Å². The second-order valence-electron chi connectivity index (χ2n) is 10.5. The molecular weight excluding hydrogens is 654 g/mol. The molecule has 1 unspecified atom stereocenters. The molecule has 0 bridgehead atoms. The number of rotatable bonds is 15. The Morgan fingerprint density at radius 1 is 0.844 bits per heavy atom. The molecule has 1 N–H and O–H groups in total. The minimum Gasteiger partial charge on any atom is -0.497 e. The van der Waals surface area contributed by atoms with Gasteiger partial charge in [-0.3, -0.25) is 13.9 Å². The predicted molar refractivity (Wildman–Crippen MR) is 181 cm³/mol. The number of amides is 2. The van der Waals surface area contributed by atoms with E-state index >= 15 is 0 Å². The minimum absolute atomic E-state index is 0.0474. The van der Waals surface area contributed by atoms with Crippen molar-refractivity contribution >= 4 is 43.5 Å². The highest BCUT2D eigenvalue weighted by molar-refractivity contribution is 9.10. The second kappa shape index (κ2) is 16.2. The first-order valence-electron chi connectivity index (χ1n) is 14.8. The van der Waals surface area contributed by atoms with E-state index in [0.717, 1.165) is 32.7 Å². The summed E-state index contributed by atoms with van der Waals surface area (Å²) < 4.78 is 35.3. The van der Waals surface area contributed by atoms with Crippen LogP contribution in [-0.4, -0.2) is 51.4 Å². The highest BCUT2D eigenvalue weighted by atomic mass is 79.9. The molecule has 0 saturated carbocycles. The third-order valence-electron chi connectivity index (χ3n) is 7.34. The number of anilines is 1. The van der Waals surface area contributed by atoms with Gasteiger partial charge in [0.05, 0.1) is 17.7 Å². The third-order valence-corrected chi connectivity index (χ3v) is 9.65. The average molecular weight is 693 g/mol. The summed E-state index contributed by atoms with van der Waals surface area (Å²) in [5.74, 6) is -0.259. The lowest BCUT2D eigenvalue weighted by Crippen LogP contribution is -2.53. The summed E-state index contributed by atoms with van der Waals surface area (Å²) in [5, 5.41) is 3.00. The fraction of sp³-hybridized carbons (Fsp3) is 0.257. The maximum absolute atomic E-state index is 14.5. The Kier molecular flexibility index (Phi) is 12.2. The molecular formula is C35H38BrN3O5S. The van der Waals surface area contributed by atoms with Gasteiger partial charge in [-0.05, 0) is 66.1 Å². The number of carbonyl (C=O) groups is 2. The van der Waals surface area contributed by atoms with Crippen LogP contribution < -0.4 is 14.4 Å². The van der Waals surface area contributed by atoms with Crippen molar-refractivity contribution in [2.75, 3.05) is 24.5 Å². The van der Waals surface area contributed by atoms with Gasteiger partial charge in [-0.2, -0.15) is 0 Å². The van der Waals surface area contributed by atoms with Crippen molar-refractivity contribution in [2.45, 2.75) is 43.7 Å². The largest absolute Gasteiger partial charge is 0.497 e. The summed E-state index contributed by atoms with van der Waals surface area (Å²) in [6.45, 7) is 2.10. The highest BCUT2D eigenvalue weighted by Crippen LogP contribution is 2.27. The van der Waals surface area contributed by atoms with Crippen LogP contribution in [-0.2, 0) is 32.6 Å². The zero-order valence-corrected chi connectivity index (χ0v) is 27.8. The number of nitrogens with zero attached hydrogens (tertiary/aromatic N) is 2. The number of ether oxygens (including phenoxy) is 1. The van der Waals surface area contributed by atoms with Crippen molar-refractivity contribution in [3.63, 3.8) is 0 Å². The topological polar surface area (TPSA) is 96.0 Å². The number of hydrogen-bond donors (Lipinski definition) is 1. The molecule has 0 aromatic heterocycles. The lowest BCUT2D eigenvalue weighted by Gasteiger charge is -2.34. The van der Waals surface area contributed by atoms with E-state index in [4.69, 9.17) is 4.74 Å². The Balaban J connectivity index is 1.77. The molecule has 0 aliphatic heterocycles. The molecule has 0 aliphatic carbocycles. The second-order valence-corrected chi connectivity index (χ2v) is 13.3. The predicted octanol–water partition coefficient (Wildman–Crippen LogP) is 6.21. The number of hydrogen-bond acceptors (Lipinski definition) is 5. The molecule has 10 heteroatoms. The Bertz CT molecular complexity index is 1630. The number of unbranched alkanes of at least 4 members (excludes halogenated alkanes) is 1. The number of nitrogens with one attached hydrogen (secondary N) is 1. The summed E-state index contributed by atoms with van der Waals surface area (Å²) in [6.07, 6.45) is 1.96. The Morgan fingerprint density at radius 3 is 2.07 bits per heavy atom. The number of halogens is 1. The van der Waals surface area contributed by atoms with Crippen molar-refractivity contribution < 1.29 is 22.7 Å². The van der Waals surface area contributed by atoms with Crippen molar-refractivity contribution in [3.05, 3.63) is 125 Å². The molecule has 0 aliphatic rings. The van der Waals surface area contributed by atoms with Gasteiger partial charge in [0, 0.05) is 24.0 Å². The Hall–Kier alpha value is -4.15. The van der Waals surface area contributed by atoms with Gasteiger partial charge in [0.15, 0.2) is 0 Å². The molecule has 0 saturated heterocycles. The first-order valence-corrected chi connectivity index (χ1v) is 17.0. The number of carbonyl (C=O) groups excluding carboxylic acids is 2. The summed E-state index contributed by atoms with van der Waals surface area (Å²) in [7, 11) is -2.64. The van der Waals surface area contributed by atoms with Crippen molar-refractivity contribution in [2.24, 2.45) is 0 Å². The number of methoxy groups -OCH3 is 1. The van der Waals surface area contributed by atoms with Crippen LogP contribution in [0.3, 0.4) is 0 Å². The zero-order chi connectivity index (χ0) is 32.2. The van der Waals surface area contributed by atoms with E-state index in [0.29, 0.717) is 18.0 Å². The van der Waals surface area contributed by atoms with Crippen LogP contribution >= 0.6 is 15.9 Å². The van der Waals surface area contributed by atoms with E-state index in [1.54, 1.807) is 42.5 Å². The van der Waals surface area contributed by atoms with Gasteiger partial charge in [-0.1, -0.05) is 89.9 Å². The molecule has 2 amide bonds. The molecule has 4 aromatic rings. The monoisotopic (exact) mass is 691 g/mol. The highest BCUT2D eigenvalue weighted by Gasteiger charge is 2.34. The first kappa shape index (κ1) is 33.7. The zero-order valence-electron chi connectivity index (χ0n) is 25.4. The van der Waals surface area contributed by atoms with E-state index in [-0.39, 0.29) is 23.8 Å². The van der Waals surface area contributed by atoms with Crippen LogP contribution in [0.2, 0.25) is 0 Å². The van der Waals surface area contributed by atoms with Crippen LogP contribution in [0.15, 0.2) is 119 Å². The summed E-state index contributed by atoms with van der Waals surface area (Å²) in [5.41, 5.74) is 1.97. The average Bonchev–Trinajstić information content (AvgIpc) is 3.07. The van der Waals surface area contributed by atoms with Crippen molar-refractivity contribution in [1.29, 1.82) is 0 Å². The lowest BCUT2D eigenvalue weighted by atomic mass is 10.0. The van der Waals surface area contributed by atoms with Crippen LogP contribution in [0.4, 0.5) is 5.69 Å². The molecule has 45 heavy (non-hydrogen) atoms. The molecule has 0 radical (unpaired) electrons. The van der Waals surface area contributed by atoms with Crippen molar-refractivity contribution in [3.8, 4) is 5.75 Å². The summed E-state index contributed by atoms with van der Waals surface area (Å²) in [4.78, 5) is 29.8. The van der Waals surface area contributed by atoms with Crippen LogP contribution in [0.1, 0.15) is 30.9 Å². The van der Waals surface area contributed by atoms with Crippen LogP contribution in [0.25, 0.3) is 0 Å². The molecule has 8 nitrogen and oxygen atoms in total. The minimum atomic E-state index is -4.16. The lowest BCUT2D eigenvalue weighted by molar-refractivity contribution is -0.140. The standard InChI is InChI=1S/C35H38BrN3O5S/c1-3-4-23-37-35(41)33(24-27-11-7-5-8-12-27)38(25-28-15-17-29(36)18-16-28)34(40)26-39(30-19-21-31(44-2)22-20-30)45(42,43)32-13-9-6-10-14-32/h5-22,33H,3-4,23-26H2,1-2H3,(H,37,41). The number of sulfonamides is 1. The van der Waals surface area contributed by atoms with Gasteiger partial charge in [0.1, 0.15) is 18.3 Å². The molecule has 0 spiro atoms. The quantitative estimate of drug-likeness (QED) is 0.150. The SMILES string of the molecule is CCCCNC(=O)C(Cc1ccccc1)N(Cc1ccc(Br)cc1)C(=O)CN(c1ccc(OC)cc1)S(=O)(=O)c1ccccc1. The van der Waals surface area contributed by atoms with E-state index in [1.807, 2.05) is 61.5 Å². The van der Waals surface area contributed by atoms with Crippen LogP contribution in [0, 0.1) is 0 Å². The van der Waals surface area contributed by atoms with E-state index in [2.05, 4.69) is 21.2 Å². The van der Waals surface area contributed by atoms with Gasteiger partial charge in [0.25, 0.3) is 10.0 Å². The maximum Gasteiger partial charge on any atom is 0.264 e. The fourth-order valence-electron chi connectivity index (χ4n) is 4.84. The van der Waals surface area contributed by atoms with Crippen molar-refractivity contribution in [1.82, 2.24) is 10.2 Å². The summed E-state index contributed by atoms with van der Waals surface area (Å²) in [6, 6.07) is 30.6. The Labute approximate surface area is 274 Å². The number of benzene rings is 4. The third kappa shape index (κ3) is 9.18. The van der Waals surface area contributed by atoms with Crippen LogP contribution in [0.5, 0.6) is 5.75 Å². The summed E-state index contributed by atoms with van der Waals surface area (Å²) >= 11 is 3.46. The van der Waals surface area contributed by atoms with E-state index in [9.17, 15) is 18.0 Å². The molecule has 0 fully saturated rings. The van der Waals surface area contributed by atoms with Gasteiger partial charge in [-0.15, -0.1) is 0 Å². The Morgan fingerprint density at radius 2 is 1.47 bits per heavy atom. The molecule has 0 heterocycles. The fourth-order valence-corrected chi connectivity index (χ4v) is 6.54. The van der Waals surface area contributed by atoms with Gasteiger partial charge >= 0.3 is 0 Å². The molecule has 1 atom stereocenters. The first-order chi connectivity index (χ1) is 21.7. The smallest absolute Gasteiger partial charge is 0.264 e. The van der Waals surface area contributed by atoms with Gasteiger partial charge < -0.3 is 15.0 Å². The molecule has 4 rings (SSSR count). The maximum atomic E-state index is 14.5. The molecule has 4 aromatic carbocycles. The van der Waals surface area contributed by atoms with Gasteiger partial charge in [-0.25, -0.2) is 8.42 Å². The normalized spacial score (nSPS) is 11.8. The molecule has 236 valence electrons.